The van der Waals surface area contributed by atoms with Gasteiger partial charge in [-0.1, -0.05) is 163 Å². The van der Waals surface area contributed by atoms with Gasteiger partial charge in [-0.15, -0.1) is 0 Å². The van der Waals surface area contributed by atoms with Crippen LogP contribution in [0.2, 0.25) is 0 Å². The van der Waals surface area contributed by atoms with Crippen LogP contribution in [-0.2, 0) is 5.41 Å². The predicted molar refractivity (Wildman–Crippen MR) is 240 cm³/mol. The van der Waals surface area contributed by atoms with Gasteiger partial charge >= 0.3 is 0 Å². The van der Waals surface area contributed by atoms with Crippen LogP contribution in [-0.4, -0.2) is 14.1 Å². The lowest BCUT2D eigenvalue weighted by atomic mass is 9.62. The molecule has 0 bridgehead atoms. The van der Waals surface area contributed by atoms with Crippen molar-refractivity contribution in [2.45, 2.75) is 15.2 Å². The summed E-state index contributed by atoms with van der Waals surface area (Å²) in [7, 11) is 0. The Labute approximate surface area is 339 Å². The van der Waals surface area contributed by atoms with Gasteiger partial charge in [-0.3, -0.25) is 0 Å². The topological polar surface area (TPSA) is 22.8 Å². The van der Waals surface area contributed by atoms with Gasteiger partial charge in [-0.2, -0.15) is 0 Å². The van der Waals surface area contributed by atoms with Gasteiger partial charge in [0.2, 0.25) is 0 Å². The Kier molecular flexibility index (Phi) is 6.59. The quantitative estimate of drug-likeness (QED) is 0.179. The molecule has 1 atom stereocenters. The van der Waals surface area contributed by atoms with Crippen LogP contribution in [0.25, 0.3) is 77.5 Å². The molecular formula is C54H33N3S. The van der Waals surface area contributed by atoms with Crippen molar-refractivity contribution < 1.29 is 0 Å². The van der Waals surface area contributed by atoms with E-state index in [0.717, 1.165) is 28.2 Å². The second-order valence-electron chi connectivity index (χ2n) is 15.5. The lowest BCUT2D eigenvalue weighted by Crippen LogP contribution is -2.37. The molecule has 1 unspecified atom stereocenters. The van der Waals surface area contributed by atoms with Crippen LogP contribution >= 0.6 is 11.8 Å². The molecule has 2 aliphatic rings. The molecule has 0 N–H and O–H groups in total. The second-order valence-corrected chi connectivity index (χ2v) is 16.5. The van der Waals surface area contributed by atoms with Gasteiger partial charge in [-0.25, -0.2) is 4.98 Å². The first-order chi connectivity index (χ1) is 28.8. The molecule has 0 aliphatic carbocycles. The summed E-state index contributed by atoms with van der Waals surface area (Å²) in [6, 6.07) is 73.6. The molecule has 0 amide bonds. The summed E-state index contributed by atoms with van der Waals surface area (Å²) < 4.78 is 4.99. The molecule has 58 heavy (non-hydrogen) atoms. The smallest absolute Gasteiger partial charge is 0.0764 e. The molecule has 4 heteroatoms. The highest BCUT2D eigenvalue weighted by Crippen LogP contribution is 2.61. The van der Waals surface area contributed by atoms with Crippen molar-refractivity contribution in [2.75, 3.05) is 0 Å². The third-order valence-electron chi connectivity index (χ3n) is 12.5. The van der Waals surface area contributed by atoms with E-state index in [-0.39, 0.29) is 0 Å². The van der Waals surface area contributed by atoms with Crippen LogP contribution in [0.5, 0.6) is 0 Å². The fraction of sp³-hybridized carbons (Fsp3) is 0.0185. The number of rotatable bonds is 3. The zero-order chi connectivity index (χ0) is 38.0. The Hall–Kier alpha value is -7.14. The number of benzene rings is 8. The highest BCUT2D eigenvalue weighted by molar-refractivity contribution is 7.99. The van der Waals surface area contributed by atoms with Crippen molar-refractivity contribution in [3.63, 3.8) is 0 Å². The summed E-state index contributed by atoms with van der Waals surface area (Å²) in [6.07, 6.45) is 0. The Morgan fingerprint density at radius 1 is 0.379 bits per heavy atom. The third-order valence-corrected chi connectivity index (χ3v) is 13.7. The van der Waals surface area contributed by atoms with Crippen molar-refractivity contribution in [1.82, 2.24) is 14.1 Å². The molecule has 0 radical (unpaired) electrons. The summed E-state index contributed by atoms with van der Waals surface area (Å²) in [4.78, 5) is 7.81. The number of para-hydroxylation sites is 4. The van der Waals surface area contributed by atoms with E-state index in [1.165, 1.54) is 81.3 Å². The first kappa shape index (κ1) is 32.0. The number of aromatic nitrogens is 3. The molecule has 3 aromatic heterocycles. The molecular weight excluding hydrogens is 723 g/mol. The minimum absolute atomic E-state index is 0.549. The Bertz CT molecular complexity index is 3430. The molecule has 0 saturated carbocycles. The fourth-order valence-corrected chi connectivity index (χ4v) is 11.4. The predicted octanol–water partition coefficient (Wildman–Crippen LogP) is 13.8. The molecule has 2 aliphatic heterocycles. The standard InChI is InChI=1S/C54H33N3S/c1-3-16-34(17-4-1)45-30-36(31-46(55-45)35-18-5-2-6-19-35)56-47-26-11-8-21-38(47)40-32-44-52(33-50(40)56)58-51-29-14-10-24-42(51)54(44)41-23-9-13-28-49(41)57-48-27-12-7-20-37(48)39-22-15-25-43(54)53(39)57/h1-33H. The summed E-state index contributed by atoms with van der Waals surface area (Å²) >= 11 is 1.90. The molecule has 0 fully saturated rings. The average molecular weight is 756 g/mol. The van der Waals surface area contributed by atoms with E-state index in [0.29, 0.717) is 0 Å². The monoisotopic (exact) mass is 755 g/mol. The van der Waals surface area contributed by atoms with E-state index in [1.807, 2.05) is 11.8 Å². The van der Waals surface area contributed by atoms with Gasteiger partial charge in [0.15, 0.2) is 0 Å². The van der Waals surface area contributed by atoms with E-state index < -0.39 is 5.41 Å². The number of hydrogen-bond acceptors (Lipinski definition) is 2. The molecule has 8 aromatic carbocycles. The number of hydrogen-bond donors (Lipinski definition) is 0. The molecule has 270 valence electrons. The van der Waals surface area contributed by atoms with Crippen molar-refractivity contribution in [2.24, 2.45) is 0 Å². The van der Waals surface area contributed by atoms with Crippen LogP contribution in [0.3, 0.4) is 0 Å². The van der Waals surface area contributed by atoms with Crippen molar-refractivity contribution >= 4 is 55.4 Å². The van der Waals surface area contributed by atoms with Crippen molar-refractivity contribution in [3.8, 4) is 33.9 Å². The third kappa shape index (κ3) is 4.22. The molecule has 0 saturated heterocycles. The molecule has 13 rings (SSSR count). The van der Waals surface area contributed by atoms with Crippen LogP contribution in [0.15, 0.2) is 210 Å². The molecule has 11 aromatic rings. The summed E-state index contributed by atoms with van der Waals surface area (Å²) in [6.45, 7) is 0. The zero-order valence-electron chi connectivity index (χ0n) is 31.3. The van der Waals surface area contributed by atoms with Gasteiger partial charge in [0.05, 0.1) is 50.2 Å². The number of fused-ring (bicyclic) bond motifs is 14. The van der Waals surface area contributed by atoms with Gasteiger partial charge in [0.25, 0.3) is 0 Å². The van der Waals surface area contributed by atoms with Gasteiger partial charge < -0.3 is 9.13 Å². The highest BCUT2D eigenvalue weighted by Gasteiger charge is 2.49. The molecule has 3 nitrogen and oxygen atoms in total. The lowest BCUT2D eigenvalue weighted by molar-refractivity contribution is 0.691. The van der Waals surface area contributed by atoms with Crippen LogP contribution in [0.1, 0.15) is 22.3 Å². The zero-order valence-corrected chi connectivity index (χ0v) is 32.1. The summed E-state index contributed by atoms with van der Waals surface area (Å²) in [5.41, 5.74) is 16.0. The normalized spacial score (nSPS) is 15.2. The van der Waals surface area contributed by atoms with Crippen LogP contribution in [0, 0.1) is 0 Å². The van der Waals surface area contributed by atoms with E-state index in [9.17, 15) is 0 Å². The molecule has 5 heterocycles. The molecule has 1 spiro atoms. The van der Waals surface area contributed by atoms with Crippen LogP contribution < -0.4 is 0 Å². The van der Waals surface area contributed by atoms with Crippen molar-refractivity contribution in [3.05, 3.63) is 222 Å². The minimum atomic E-state index is -0.549. The highest BCUT2D eigenvalue weighted by atomic mass is 32.2. The van der Waals surface area contributed by atoms with E-state index >= 15 is 0 Å². The van der Waals surface area contributed by atoms with Gasteiger partial charge in [0, 0.05) is 42.5 Å². The fourth-order valence-electron chi connectivity index (χ4n) is 10.2. The summed E-state index contributed by atoms with van der Waals surface area (Å²) in [5, 5.41) is 5.04. The van der Waals surface area contributed by atoms with Crippen molar-refractivity contribution in [1.29, 1.82) is 0 Å². The average Bonchev–Trinajstić information content (AvgIpc) is 3.81. The lowest BCUT2D eigenvalue weighted by Gasteiger charge is -2.45. The van der Waals surface area contributed by atoms with Crippen LogP contribution in [0.4, 0.5) is 0 Å². The first-order valence-corrected chi connectivity index (χ1v) is 20.7. The number of pyridine rings is 1. The number of nitrogens with zero attached hydrogens (tertiary/aromatic N) is 3. The SMILES string of the molecule is c1ccc(-c2cc(-n3c4ccccc4c4cc5c(cc43)Sc3ccccc3C53c4ccccc4-n4c5ccccc5c5cccc3c54)cc(-c3ccccc3)n2)cc1. The van der Waals surface area contributed by atoms with Gasteiger partial charge in [-0.05, 0) is 70.8 Å². The Morgan fingerprint density at radius 2 is 0.948 bits per heavy atom. The summed E-state index contributed by atoms with van der Waals surface area (Å²) in [5.74, 6) is 0. The Morgan fingerprint density at radius 3 is 1.69 bits per heavy atom. The maximum Gasteiger partial charge on any atom is 0.0764 e. The minimum Gasteiger partial charge on any atom is -0.309 e. The van der Waals surface area contributed by atoms with E-state index in [2.05, 4.69) is 209 Å². The Balaban J connectivity index is 1.16. The van der Waals surface area contributed by atoms with E-state index in [1.54, 1.807) is 0 Å². The van der Waals surface area contributed by atoms with Gasteiger partial charge in [0.1, 0.15) is 0 Å². The maximum absolute atomic E-state index is 5.25. The first-order valence-electron chi connectivity index (χ1n) is 19.9. The second kappa shape index (κ2) is 11.9. The maximum atomic E-state index is 5.25. The largest absolute Gasteiger partial charge is 0.309 e. The van der Waals surface area contributed by atoms with E-state index in [4.69, 9.17) is 4.98 Å².